The van der Waals surface area contributed by atoms with Gasteiger partial charge in [-0.3, -0.25) is 10.1 Å². The molecule has 7 heteroatoms. The van der Waals surface area contributed by atoms with E-state index in [0.717, 1.165) is 4.70 Å². The van der Waals surface area contributed by atoms with E-state index in [2.05, 4.69) is 10.6 Å². The summed E-state index contributed by atoms with van der Waals surface area (Å²) in [6, 6.07) is 14.0. The summed E-state index contributed by atoms with van der Waals surface area (Å²) >= 11 is 1.28. The number of hydrogen-bond donors (Lipinski definition) is 3. The van der Waals surface area contributed by atoms with Gasteiger partial charge in [0.1, 0.15) is 10.8 Å². The van der Waals surface area contributed by atoms with E-state index in [0.29, 0.717) is 34.0 Å². The van der Waals surface area contributed by atoms with Crippen LogP contribution in [0.5, 0.6) is 5.75 Å². The van der Waals surface area contributed by atoms with E-state index in [1.54, 1.807) is 24.3 Å². The molecule has 0 fully saturated rings. The van der Waals surface area contributed by atoms with Gasteiger partial charge in [-0.1, -0.05) is 18.2 Å². The Morgan fingerprint density at radius 3 is 2.56 bits per heavy atom. The largest absolute Gasteiger partial charge is 0.494 e. The number of benzene rings is 2. The Kier molecular flexibility index (Phi) is 4.85. The highest BCUT2D eigenvalue weighted by Crippen LogP contribution is 2.37. The molecule has 0 spiro atoms. The zero-order valence-electron chi connectivity index (χ0n) is 13.5. The molecule has 3 aromatic rings. The van der Waals surface area contributed by atoms with Crippen LogP contribution in [0.1, 0.15) is 17.3 Å². The van der Waals surface area contributed by atoms with E-state index in [9.17, 15) is 9.59 Å². The van der Waals surface area contributed by atoms with Gasteiger partial charge in [-0.05, 0) is 37.3 Å². The van der Waals surface area contributed by atoms with Crippen LogP contribution in [0.4, 0.5) is 15.5 Å². The van der Waals surface area contributed by atoms with Gasteiger partial charge in [-0.2, -0.15) is 0 Å². The Balaban J connectivity index is 1.90. The summed E-state index contributed by atoms with van der Waals surface area (Å²) < 4.78 is 6.29. The average Bonchev–Trinajstić information content (AvgIpc) is 2.93. The van der Waals surface area contributed by atoms with E-state index in [1.807, 2.05) is 31.2 Å². The van der Waals surface area contributed by atoms with Gasteiger partial charge >= 0.3 is 6.03 Å². The molecule has 0 aliphatic carbocycles. The van der Waals surface area contributed by atoms with Crippen molar-refractivity contribution < 1.29 is 14.3 Å². The van der Waals surface area contributed by atoms with Crippen LogP contribution in [0, 0.1) is 0 Å². The highest BCUT2D eigenvalue weighted by Gasteiger charge is 2.19. The molecule has 128 valence electrons. The molecule has 0 saturated carbocycles. The minimum absolute atomic E-state index is 0.297. The van der Waals surface area contributed by atoms with Crippen molar-refractivity contribution in [3.05, 3.63) is 54.1 Å². The number of hydrogen-bond acceptors (Lipinski definition) is 4. The van der Waals surface area contributed by atoms with Crippen LogP contribution in [0.2, 0.25) is 0 Å². The number of nitrogens with two attached hydrogens (primary N) is 1. The predicted molar refractivity (Wildman–Crippen MR) is 101 cm³/mol. The lowest BCUT2D eigenvalue weighted by Crippen LogP contribution is -2.21. The number of carbonyl (C=O) groups excluding carboxylic acids is 2. The van der Waals surface area contributed by atoms with E-state index >= 15 is 0 Å². The third-order valence-electron chi connectivity index (χ3n) is 3.48. The first kappa shape index (κ1) is 16.8. The normalized spacial score (nSPS) is 10.4. The van der Waals surface area contributed by atoms with E-state index in [4.69, 9.17) is 10.5 Å². The Bertz CT molecular complexity index is 922. The van der Waals surface area contributed by atoms with Crippen LogP contribution >= 0.6 is 11.3 Å². The van der Waals surface area contributed by atoms with Gasteiger partial charge in [0, 0.05) is 15.8 Å². The molecule has 4 N–H and O–H groups in total. The number of carbonyl (C=O) groups is 2. The van der Waals surface area contributed by atoms with Gasteiger partial charge in [0.2, 0.25) is 0 Å². The molecule has 2 aromatic carbocycles. The summed E-state index contributed by atoms with van der Waals surface area (Å²) in [6.45, 7) is 2.44. The standard InChI is InChI=1S/C18H17N3O3S/c1-2-24-12-8-9-13-14(10-12)25-17(15(13)16(19)22)21-18(23)20-11-6-4-3-5-7-11/h3-10H,2H2,1H3,(H2,19,22)(H2,20,21,23). The van der Waals surface area contributed by atoms with E-state index < -0.39 is 11.9 Å². The fraction of sp³-hybridized carbons (Fsp3) is 0.111. The highest BCUT2D eigenvalue weighted by molar-refractivity contribution is 7.23. The summed E-state index contributed by atoms with van der Waals surface area (Å²) in [4.78, 5) is 24.1. The summed E-state index contributed by atoms with van der Waals surface area (Å²) in [7, 11) is 0. The highest BCUT2D eigenvalue weighted by atomic mass is 32.1. The fourth-order valence-electron chi connectivity index (χ4n) is 2.45. The number of urea groups is 1. The average molecular weight is 355 g/mol. The third kappa shape index (κ3) is 3.72. The molecule has 0 atom stereocenters. The maximum absolute atomic E-state index is 12.2. The topological polar surface area (TPSA) is 93.4 Å². The van der Waals surface area contributed by atoms with Crippen molar-refractivity contribution in [1.82, 2.24) is 0 Å². The zero-order valence-corrected chi connectivity index (χ0v) is 14.4. The second kappa shape index (κ2) is 7.23. The van der Waals surface area contributed by atoms with Crippen molar-refractivity contribution in [3.63, 3.8) is 0 Å². The molecular formula is C18H17N3O3S. The lowest BCUT2D eigenvalue weighted by molar-refractivity contribution is 0.100. The second-order valence-corrected chi connectivity index (χ2v) is 6.26. The molecule has 3 amide bonds. The van der Waals surface area contributed by atoms with Crippen molar-refractivity contribution in [2.75, 3.05) is 17.2 Å². The lowest BCUT2D eigenvalue weighted by Gasteiger charge is -2.07. The molecule has 0 aliphatic rings. The van der Waals surface area contributed by atoms with Gasteiger partial charge in [-0.25, -0.2) is 4.79 Å². The van der Waals surface area contributed by atoms with Crippen LogP contribution in [0.3, 0.4) is 0 Å². The third-order valence-corrected chi connectivity index (χ3v) is 4.55. The molecule has 0 saturated heterocycles. The quantitative estimate of drug-likeness (QED) is 0.645. The van der Waals surface area contributed by atoms with Crippen molar-refractivity contribution in [2.45, 2.75) is 6.92 Å². The Morgan fingerprint density at radius 1 is 1.12 bits per heavy atom. The number of anilines is 2. The Labute approximate surface area is 148 Å². The Hall–Kier alpha value is -3.06. The number of rotatable bonds is 5. The van der Waals surface area contributed by atoms with Gasteiger partial charge in [-0.15, -0.1) is 11.3 Å². The van der Waals surface area contributed by atoms with Crippen molar-refractivity contribution in [2.24, 2.45) is 5.73 Å². The molecule has 0 bridgehead atoms. The fourth-order valence-corrected chi connectivity index (χ4v) is 3.58. The molecule has 1 aromatic heterocycles. The SMILES string of the molecule is CCOc1ccc2c(C(N)=O)c(NC(=O)Nc3ccccc3)sc2c1. The Morgan fingerprint density at radius 2 is 1.88 bits per heavy atom. The van der Waals surface area contributed by atoms with Gasteiger partial charge < -0.3 is 15.8 Å². The molecule has 0 radical (unpaired) electrons. The number of amides is 3. The molecule has 0 unspecified atom stereocenters. The lowest BCUT2D eigenvalue weighted by atomic mass is 10.1. The first-order valence-electron chi connectivity index (χ1n) is 7.70. The van der Waals surface area contributed by atoms with Crippen LogP contribution in [0.25, 0.3) is 10.1 Å². The van der Waals surface area contributed by atoms with Crippen molar-refractivity contribution >= 4 is 44.0 Å². The number of primary amides is 1. The van der Waals surface area contributed by atoms with Crippen LogP contribution in [0.15, 0.2) is 48.5 Å². The van der Waals surface area contributed by atoms with E-state index in [-0.39, 0.29) is 0 Å². The summed E-state index contributed by atoms with van der Waals surface area (Å²) in [5.41, 5.74) is 6.47. The van der Waals surface area contributed by atoms with Crippen LogP contribution in [-0.2, 0) is 0 Å². The molecule has 25 heavy (non-hydrogen) atoms. The smallest absolute Gasteiger partial charge is 0.324 e. The molecule has 1 heterocycles. The van der Waals surface area contributed by atoms with Crippen LogP contribution in [-0.4, -0.2) is 18.5 Å². The number of nitrogens with one attached hydrogen (secondary N) is 2. The van der Waals surface area contributed by atoms with Crippen molar-refractivity contribution in [3.8, 4) is 5.75 Å². The van der Waals surface area contributed by atoms with Gasteiger partial charge in [0.15, 0.2) is 0 Å². The number of fused-ring (bicyclic) bond motifs is 1. The zero-order chi connectivity index (χ0) is 17.8. The van der Waals surface area contributed by atoms with Gasteiger partial charge in [0.25, 0.3) is 5.91 Å². The maximum Gasteiger partial charge on any atom is 0.324 e. The minimum atomic E-state index is -0.592. The first-order chi connectivity index (χ1) is 12.1. The number of thiophene rings is 1. The summed E-state index contributed by atoms with van der Waals surface area (Å²) in [6.07, 6.45) is 0. The maximum atomic E-state index is 12.2. The van der Waals surface area contributed by atoms with Gasteiger partial charge in [0.05, 0.1) is 12.2 Å². The number of para-hydroxylation sites is 1. The minimum Gasteiger partial charge on any atom is -0.494 e. The molecule has 3 rings (SSSR count). The van der Waals surface area contributed by atoms with E-state index in [1.165, 1.54) is 11.3 Å². The first-order valence-corrected chi connectivity index (χ1v) is 8.52. The molecule has 0 aliphatic heterocycles. The van der Waals surface area contributed by atoms with Crippen molar-refractivity contribution in [1.29, 1.82) is 0 Å². The summed E-state index contributed by atoms with van der Waals surface area (Å²) in [5, 5.41) is 6.52. The number of ether oxygens (including phenoxy) is 1. The molecular weight excluding hydrogens is 338 g/mol. The molecule has 6 nitrogen and oxygen atoms in total. The predicted octanol–water partition coefficient (Wildman–Crippen LogP) is 4.04. The summed E-state index contributed by atoms with van der Waals surface area (Å²) in [5.74, 6) is 0.109. The second-order valence-electron chi connectivity index (χ2n) is 5.21. The monoisotopic (exact) mass is 355 g/mol. The van der Waals surface area contributed by atoms with Crippen LogP contribution < -0.4 is 21.1 Å².